The Morgan fingerprint density at radius 1 is 1.33 bits per heavy atom. The van der Waals surface area contributed by atoms with Gasteiger partial charge in [0.1, 0.15) is 5.25 Å². The van der Waals surface area contributed by atoms with Crippen LogP contribution in [0.25, 0.3) is 0 Å². The second kappa shape index (κ2) is 4.91. The Kier molecular flexibility index (Phi) is 3.12. The summed E-state index contributed by atoms with van der Waals surface area (Å²) in [6.07, 6.45) is 3.34. The molecule has 0 bridgehead atoms. The Bertz CT molecular complexity index is 595. The quantitative estimate of drug-likeness (QED) is 0.916. The minimum absolute atomic E-state index is 0.0896. The third kappa shape index (κ3) is 2.30. The van der Waals surface area contributed by atoms with Crippen molar-refractivity contribution >= 4 is 46.0 Å². The van der Waals surface area contributed by atoms with Gasteiger partial charge in [-0.1, -0.05) is 12.1 Å². The Morgan fingerprint density at radius 2 is 2.22 bits per heavy atom. The first-order valence-electron chi connectivity index (χ1n) is 5.33. The number of anilines is 1. The van der Waals surface area contributed by atoms with Crippen LogP contribution in [0.3, 0.4) is 0 Å². The minimum atomic E-state index is -0.302. The number of nitrogens with zero attached hydrogens (tertiary/aromatic N) is 2. The molecule has 1 aliphatic rings. The first kappa shape index (κ1) is 11.4. The number of thiazole rings is 1. The summed E-state index contributed by atoms with van der Waals surface area (Å²) in [4.78, 5) is 21.4. The topological polar surface area (TPSA) is 54.4 Å². The van der Waals surface area contributed by atoms with E-state index < -0.39 is 0 Å². The molecule has 1 aromatic carbocycles. The third-order valence-corrected chi connectivity index (χ3v) is 4.27. The van der Waals surface area contributed by atoms with E-state index in [0.717, 1.165) is 10.6 Å². The van der Waals surface area contributed by atoms with Gasteiger partial charge < -0.3 is 5.32 Å². The molecule has 1 N–H and O–H groups in total. The fraction of sp³-hybridized carbons (Fsp3) is 0.0833. The molecule has 1 aliphatic heterocycles. The standard InChI is InChI=1S/C12H9N3OS2/c16-11(15-12-13-5-6-17-12)10-7-14-8-3-1-2-4-9(8)18-10/h1-7,10H,(H,13,15,16). The fourth-order valence-electron chi connectivity index (χ4n) is 1.56. The monoisotopic (exact) mass is 275 g/mol. The van der Waals surface area contributed by atoms with E-state index in [1.54, 1.807) is 12.4 Å². The van der Waals surface area contributed by atoms with Crippen LogP contribution in [0.4, 0.5) is 10.8 Å². The number of aromatic nitrogens is 1. The molecule has 0 aliphatic carbocycles. The number of nitrogens with one attached hydrogen (secondary N) is 1. The van der Waals surface area contributed by atoms with Gasteiger partial charge in [0.05, 0.1) is 5.69 Å². The summed E-state index contributed by atoms with van der Waals surface area (Å²) in [5, 5.41) is 4.92. The lowest BCUT2D eigenvalue weighted by molar-refractivity contribution is -0.114. The first-order valence-corrected chi connectivity index (χ1v) is 7.09. The molecule has 2 aromatic rings. The summed E-state index contributed by atoms with van der Waals surface area (Å²) in [7, 11) is 0. The number of hydrogen-bond acceptors (Lipinski definition) is 5. The van der Waals surface area contributed by atoms with E-state index in [1.807, 2.05) is 29.6 Å². The van der Waals surface area contributed by atoms with Gasteiger partial charge >= 0.3 is 0 Å². The molecule has 0 saturated heterocycles. The lowest BCUT2D eigenvalue weighted by atomic mass is 10.3. The maximum Gasteiger partial charge on any atom is 0.245 e. The van der Waals surface area contributed by atoms with Crippen molar-refractivity contribution < 1.29 is 4.79 Å². The average Bonchev–Trinajstić information content (AvgIpc) is 2.91. The number of thioether (sulfide) groups is 1. The molecule has 18 heavy (non-hydrogen) atoms. The highest BCUT2D eigenvalue weighted by molar-refractivity contribution is 8.01. The summed E-state index contributed by atoms with van der Waals surface area (Å²) in [5.74, 6) is -0.0896. The van der Waals surface area contributed by atoms with Crippen LogP contribution >= 0.6 is 23.1 Å². The number of para-hydroxylation sites is 1. The zero-order chi connectivity index (χ0) is 12.4. The largest absolute Gasteiger partial charge is 0.301 e. The van der Waals surface area contributed by atoms with Crippen LogP contribution in [0, 0.1) is 0 Å². The van der Waals surface area contributed by atoms with Crippen LogP contribution in [0.2, 0.25) is 0 Å². The molecule has 0 radical (unpaired) electrons. The summed E-state index contributed by atoms with van der Waals surface area (Å²) >= 11 is 2.91. The molecule has 1 unspecified atom stereocenters. The average molecular weight is 275 g/mol. The number of fused-ring (bicyclic) bond motifs is 1. The van der Waals surface area contributed by atoms with Crippen molar-refractivity contribution in [2.45, 2.75) is 10.1 Å². The van der Waals surface area contributed by atoms with E-state index in [-0.39, 0.29) is 11.2 Å². The van der Waals surface area contributed by atoms with Crippen molar-refractivity contribution in [1.29, 1.82) is 0 Å². The molecule has 1 atom stereocenters. The molecular formula is C12H9N3OS2. The van der Waals surface area contributed by atoms with Crippen molar-refractivity contribution in [3.05, 3.63) is 35.8 Å². The van der Waals surface area contributed by atoms with Gasteiger partial charge in [-0.3, -0.25) is 9.79 Å². The Morgan fingerprint density at radius 3 is 3.06 bits per heavy atom. The maximum atomic E-state index is 12.0. The lowest BCUT2D eigenvalue weighted by Crippen LogP contribution is -2.27. The summed E-state index contributed by atoms with van der Waals surface area (Å²) in [6.45, 7) is 0. The van der Waals surface area contributed by atoms with Crippen molar-refractivity contribution in [2.24, 2.45) is 4.99 Å². The zero-order valence-electron chi connectivity index (χ0n) is 9.24. The van der Waals surface area contributed by atoms with Crippen molar-refractivity contribution in [3.8, 4) is 0 Å². The Balaban J connectivity index is 1.74. The van der Waals surface area contributed by atoms with Gasteiger partial charge in [0.15, 0.2) is 5.13 Å². The lowest BCUT2D eigenvalue weighted by Gasteiger charge is -2.16. The molecular weight excluding hydrogens is 266 g/mol. The SMILES string of the molecule is O=C(Nc1nccs1)C1C=Nc2ccccc2S1. The van der Waals surface area contributed by atoms with Gasteiger partial charge in [-0.15, -0.1) is 23.1 Å². The van der Waals surface area contributed by atoms with E-state index in [4.69, 9.17) is 0 Å². The van der Waals surface area contributed by atoms with E-state index in [1.165, 1.54) is 23.1 Å². The number of benzene rings is 1. The smallest absolute Gasteiger partial charge is 0.245 e. The van der Waals surface area contributed by atoms with Crippen LogP contribution in [0.1, 0.15) is 0 Å². The molecule has 90 valence electrons. The minimum Gasteiger partial charge on any atom is -0.301 e. The number of rotatable bonds is 2. The summed E-state index contributed by atoms with van der Waals surface area (Å²) in [5.41, 5.74) is 0.917. The van der Waals surface area contributed by atoms with Gasteiger partial charge in [0, 0.05) is 22.7 Å². The van der Waals surface area contributed by atoms with Crippen LogP contribution in [0.5, 0.6) is 0 Å². The molecule has 1 amide bonds. The van der Waals surface area contributed by atoms with Gasteiger partial charge in [-0.25, -0.2) is 4.98 Å². The number of aliphatic imine (C=N–C) groups is 1. The molecule has 2 heterocycles. The fourth-order valence-corrected chi connectivity index (χ4v) is 3.05. The summed E-state index contributed by atoms with van der Waals surface area (Å²) in [6, 6.07) is 7.79. The molecule has 6 heteroatoms. The maximum absolute atomic E-state index is 12.0. The van der Waals surface area contributed by atoms with Crippen molar-refractivity contribution in [1.82, 2.24) is 4.98 Å². The van der Waals surface area contributed by atoms with Crippen LogP contribution in [-0.4, -0.2) is 22.4 Å². The van der Waals surface area contributed by atoms with Gasteiger partial charge in [-0.05, 0) is 12.1 Å². The number of carbonyl (C=O) groups excluding carboxylic acids is 1. The Labute approximate surface area is 112 Å². The third-order valence-electron chi connectivity index (χ3n) is 2.39. The Hall–Kier alpha value is -1.66. The van der Waals surface area contributed by atoms with Gasteiger partial charge in [-0.2, -0.15) is 0 Å². The van der Waals surface area contributed by atoms with Gasteiger partial charge in [0.25, 0.3) is 0 Å². The normalized spacial score (nSPS) is 17.2. The molecule has 0 fully saturated rings. The van der Waals surface area contributed by atoms with Crippen LogP contribution < -0.4 is 5.32 Å². The molecule has 0 spiro atoms. The molecule has 4 nitrogen and oxygen atoms in total. The van der Waals surface area contributed by atoms with E-state index in [0.29, 0.717) is 5.13 Å². The van der Waals surface area contributed by atoms with E-state index >= 15 is 0 Å². The van der Waals surface area contributed by atoms with Crippen molar-refractivity contribution in [3.63, 3.8) is 0 Å². The second-order valence-electron chi connectivity index (χ2n) is 3.61. The zero-order valence-corrected chi connectivity index (χ0v) is 10.9. The van der Waals surface area contributed by atoms with E-state index in [2.05, 4.69) is 15.3 Å². The second-order valence-corrected chi connectivity index (χ2v) is 5.69. The van der Waals surface area contributed by atoms with Crippen molar-refractivity contribution in [2.75, 3.05) is 5.32 Å². The predicted octanol–water partition coefficient (Wildman–Crippen LogP) is 2.96. The molecule has 1 aromatic heterocycles. The highest BCUT2D eigenvalue weighted by Crippen LogP contribution is 2.35. The first-order chi connectivity index (χ1) is 8.83. The highest BCUT2D eigenvalue weighted by atomic mass is 32.2. The number of carbonyl (C=O) groups is 1. The van der Waals surface area contributed by atoms with E-state index in [9.17, 15) is 4.79 Å². The highest BCUT2D eigenvalue weighted by Gasteiger charge is 2.22. The predicted molar refractivity (Wildman–Crippen MR) is 75.0 cm³/mol. The summed E-state index contributed by atoms with van der Waals surface area (Å²) < 4.78 is 0. The number of amides is 1. The van der Waals surface area contributed by atoms with Crippen LogP contribution in [0.15, 0.2) is 45.7 Å². The molecule has 0 saturated carbocycles. The van der Waals surface area contributed by atoms with Crippen LogP contribution in [-0.2, 0) is 4.79 Å². The number of hydrogen-bond donors (Lipinski definition) is 1. The van der Waals surface area contributed by atoms with Gasteiger partial charge in [0.2, 0.25) is 5.91 Å². The molecule has 3 rings (SSSR count).